The van der Waals surface area contributed by atoms with Gasteiger partial charge in [0, 0.05) is 12.8 Å². The molecule has 2 atom stereocenters. The second-order valence-corrected chi connectivity index (χ2v) is 7.09. The van der Waals surface area contributed by atoms with Crippen LogP contribution in [0.1, 0.15) is 64.2 Å². The first-order valence-electron chi connectivity index (χ1n) is 9.61. The summed E-state index contributed by atoms with van der Waals surface area (Å²) in [5, 5.41) is 9.39. The summed E-state index contributed by atoms with van der Waals surface area (Å²) < 4.78 is 0. The van der Waals surface area contributed by atoms with Crippen molar-refractivity contribution in [1.82, 2.24) is 21.3 Å². The molecule has 2 saturated heterocycles. The van der Waals surface area contributed by atoms with Gasteiger partial charge in [0.15, 0.2) is 0 Å². The molecule has 2 rings (SSSR count). The van der Waals surface area contributed by atoms with E-state index in [-0.39, 0.29) is 36.5 Å². The molecule has 4 N–H and O–H groups in total. The molecule has 0 unspecified atom stereocenters. The second kappa shape index (κ2) is 10.5. The van der Waals surface area contributed by atoms with E-state index in [1.807, 2.05) is 0 Å². The summed E-state index contributed by atoms with van der Waals surface area (Å²) in [4.78, 5) is 68.3. The minimum Gasteiger partial charge on any atom is -0.344 e. The van der Waals surface area contributed by atoms with Crippen LogP contribution in [0.25, 0.3) is 0 Å². The van der Waals surface area contributed by atoms with E-state index in [0.717, 1.165) is 25.7 Å². The third kappa shape index (κ3) is 7.09. The van der Waals surface area contributed by atoms with E-state index in [4.69, 9.17) is 0 Å². The number of hydrogen-bond acceptors (Lipinski definition) is 6. The number of imide groups is 2. The van der Waals surface area contributed by atoms with Crippen LogP contribution in [-0.2, 0) is 28.8 Å². The van der Waals surface area contributed by atoms with Crippen LogP contribution in [0.15, 0.2) is 0 Å². The lowest BCUT2D eigenvalue weighted by Crippen LogP contribution is -2.40. The lowest BCUT2D eigenvalue weighted by Gasteiger charge is -2.09. The molecule has 2 fully saturated rings. The summed E-state index contributed by atoms with van der Waals surface area (Å²) >= 11 is 0. The van der Waals surface area contributed by atoms with Gasteiger partial charge in [0.1, 0.15) is 12.1 Å². The maximum Gasteiger partial charge on any atom is 0.249 e. The molecule has 2 aliphatic heterocycles. The van der Waals surface area contributed by atoms with Gasteiger partial charge < -0.3 is 10.6 Å². The first-order valence-corrected chi connectivity index (χ1v) is 9.61. The lowest BCUT2D eigenvalue weighted by molar-refractivity contribution is -0.128. The van der Waals surface area contributed by atoms with Crippen LogP contribution >= 0.6 is 0 Å². The highest BCUT2D eigenvalue weighted by Gasteiger charge is 2.32. The van der Waals surface area contributed by atoms with Gasteiger partial charge in [-0.25, -0.2) is 0 Å². The molecular formula is C18H26N4O6. The number of hydrogen-bond donors (Lipinski definition) is 4. The maximum absolute atomic E-state index is 11.8. The van der Waals surface area contributed by atoms with Gasteiger partial charge in [-0.2, -0.15) is 0 Å². The SMILES string of the molecule is O=C1C[C@H](NC(=O)CCCCCCCCC(=O)N[C@H]2CC(=O)NC2=O)C(=O)N1. The van der Waals surface area contributed by atoms with E-state index in [9.17, 15) is 28.8 Å². The predicted octanol–water partition coefficient (Wildman–Crippen LogP) is -0.830. The molecule has 0 aromatic heterocycles. The molecule has 0 radical (unpaired) electrons. The zero-order valence-corrected chi connectivity index (χ0v) is 15.7. The zero-order chi connectivity index (χ0) is 20.5. The molecule has 0 bridgehead atoms. The number of unbranched alkanes of at least 4 members (excludes halogenated alkanes) is 5. The van der Waals surface area contributed by atoms with Crippen molar-refractivity contribution in [2.75, 3.05) is 0 Å². The van der Waals surface area contributed by atoms with Gasteiger partial charge in [0.2, 0.25) is 35.4 Å². The van der Waals surface area contributed by atoms with Gasteiger partial charge in [0.05, 0.1) is 12.8 Å². The van der Waals surface area contributed by atoms with Crippen molar-refractivity contribution in [3.63, 3.8) is 0 Å². The van der Waals surface area contributed by atoms with Crippen molar-refractivity contribution >= 4 is 35.4 Å². The molecule has 10 heteroatoms. The third-order valence-electron chi connectivity index (χ3n) is 4.67. The van der Waals surface area contributed by atoms with Gasteiger partial charge in [0.25, 0.3) is 0 Å². The van der Waals surface area contributed by atoms with Crippen LogP contribution in [-0.4, -0.2) is 47.5 Å². The van der Waals surface area contributed by atoms with Crippen LogP contribution in [0.2, 0.25) is 0 Å². The predicted molar refractivity (Wildman–Crippen MR) is 96.3 cm³/mol. The van der Waals surface area contributed by atoms with E-state index >= 15 is 0 Å². The fraction of sp³-hybridized carbons (Fsp3) is 0.667. The van der Waals surface area contributed by atoms with Crippen molar-refractivity contribution in [2.45, 2.75) is 76.3 Å². The van der Waals surface area contributed by atoms with Gasteiger partial charge in [-0.05, 0) is 12.8 Å². The lowest BCUT2D eigenvalue weighted by atomic mass is 10.1. The summed E-state index contributed by atoms with van der Waals surface area (Å²) in [6.07, 6.45) is 5.58. The monoisotopic (exact) mass is 394 g/mol. The van der Waals surface area contributed by atoms with E-state index in [2.05, 4.69) is 21.3 Å². The minimum absolute atomic E-state index is 0.000122. The fourth-order valence-corrected chi connectivity index (χ4v) is 3.15. The number of carbonyl (C=O) groups excluding carboxylic acids is 6. The smallest absolute Gasteiger partial charge is 0.249 e. The van der Waals surface area contributed by atoms with Crippen LogP contribution in [0, 0.1) is 0 Å². The Labute approximate surface area is 162 Å². The van der Waals surface area contributed by atoms with E-state index < -0.39 is 23.9 Å². The Balaban J connectivity index is 1.43. The van der Waals surface area contributed by atoms with Crippen LogP contribution < -0.4 is 21.3 Å². The molecule has 0 saturated carbocycles. The van der Waals surface area contributed by atoms with Crippen LogP contribution in [0.4, 0.5) is 0 Å². The minimum atomic E-state index is -0.750. The van der Waals surface area contributed by atoms with Gasteiger partial charge in [-0.1, -0.05) is 25.7 Å². The molecule has 2 aliphatic rings. The highest BCUT2D eigenvalue weighted by molar-refractivity contribution is 6.07. The van der Waals surface area contributed by atoms with E-state index in [0.29, 0.717) is 25.7 Å². The Morgan fingerprint density at radius 2 is 1.04 bits per heavy atom. The summed E-state index contributed by atoms with van der Waals surface area (Å²) in [5.41, 5.74) is 0. The van der Waals surface area contributed by atoms with Crippen molar-refractivity contribution in [1.29, 1.82) is 0 Å². The largest absolute Gasteiger partial charge is 0.344 e. The van der Waals surface area contributed by atoms with Gasteiger partial charge in [-0.3, -0.25) is 39.4 Å². The van der Waals surface area contributed by atoms with Crippen LogP contribution in [0.3, 0.4) is 0 Å². The van der Waals surface area contributed by atoms with Crippen LogP contribution in [0.5, 0.6) is 0 Å². The number of nitrogens with one attached hydrogen (secondary N) is 4. The molecule has 0 aliphatic carbocycles. The topological polar surface area (TPSA) is 151 Å². The Kier molecular flexibility index (Phi) is 8.09. The molecule has 0 aromatic rings. The average molecular weight is 394 g/mol. The highest BCUT2D eigenvalue weighted by atomic mass is 16.2. The number of carbonyl (C=O) groups is 6. The highest BCUT2D eigenvalue weighted by Crippen LogP contribution is 2.10. The Morgan fingerprint density at radius 1 is 0.679 bits per heavy atom. The van der Waals surface area contributed by atoms with E-state index in [1.54, 1.807) is 0 Å². The molecule has 2 heterocycles. The Bertz CT molecular complexity index is 606. The molecule has 28 heavy (non-hydrogen) atoms. The molecule has 6 amide bonds. The standard InChI is InChI=1S/C18H26N4O6/c23-13(19-11-9-15(25)21-17(11)27)7-5-3-1-2-4-6-8-14(24)20-12-10-16(26)22-18(12)28/h11-12H,1-10H2,(H,19,23)(H,20,24)(H,21,25,27)(H,22,26,28)/t11-,12-/m0/s1. The summed E-state index contributed by atoms with van der Waals surface area (Å²) in [7, 11) is 0. The normalized spacial score (nSPS) is 21.4. The maximum atomic E-state index is 11.8. The summed E-state index contributed by atoms with van der Waals surface area (Å²) in [5.74, 6) is -2.13. The van der Waals surface area contributed by atoms with E-state index in [1.165, 1.54) is 0 Å². The number of rotatable bonds is 11. The quantitative estimate of drug-likeness (QED) is 0.265. The number of amides is 6. The molecule has 10 nitrogen and oxygen atoms in total. The summed E-state index contributed by atoms with van der Waals surface area (Å²) in [6.45, 7) is 0. The average Bonchev–Trinajstić information content (AvgIpc) is 3.10. The van der Waals surface area contributed by atoms with Gasteiger partial charge >= 0.3 is 0 Å². The van der Waals surface area contributed by atoms with Gasteiger partial charge in [-0.15, -0.1) is 0 Å². The van der Waals surface area contributed by atoms with Crippen molar-refractivity contribution < 1.29 is 28.8 Å². The first-order chi connectivity index (χ1) is 13.3. The Hall–Kier alpha value is -2.78. The second-order valence-electron chi connectivity index (χ2n) is 7.09. The summed E-state index contributed by atoms with van der Waals surface area (Å²) in [6, 6.07) is -1.50. The van der Waals surface area contributed by atoms with Crippen molar-refractivity contribution in [3.05, 3.63) is 0 Å². The third-order valence-corrected chi connectivity index (χ3v) is 4.67. The Morgan fingerprint density at radius 3 is 1.36 bits per heavy atom. The molecule has 0 aromatic carbocycles. The van der Waals surface area contributed by atoms with Crippen molar-refractivity contribution in [3.8, 4) is 0 Å². The van der Waals surface area contributed by atoms with Crippen molar-refractivity contribution in [2.24, 2.45) is 0 Å². The molecular weight excluding hydrogens is 368 g/mol. The molecule has 0 spiro atoms. The fourth-order valence-electron chi connectivity index (χ4n) is 3.15. The molecule has 154 valence electrons. The zero-order valence-electron chi connectivity index (χ0n) is 15.7. The first kappa shape index (κ1) is 21.5.